The minimum Gasteiger partial charge on any atom is -0.343 e. The molecule has 144 valence electrons. The van der Waals surface area contributed by atoms with Crippen molar-refractivity contribution in [1.82, 2.24) is 25.4 Å². The van der Waals surface area contributed by atoms with E-state index in [1.807, 2.05) is 35.2 Å². The first-order valence-electron chi connectivity index (χ1n) is 10.3. The van der Waals surface area contributed by atoms with Crippen molar-refractivity contribution in [3.63, 3.8) is 0 Å². The average Bonchev–Trinajstić information content (AvgIpc) is 3.24. The first-order valence-corrected chi connectivity index (χ1v) is 10.3. The molecule has 2 aliphatic rings. The van der Waals surface area contributed by atoms with Crippen molar-refractivity contribution in [2.45, 2.75) is 44.4 Å². The maximum absolute atomic E-state index is 12.5. The topological polar surface area (TPSA) is 73.9 Å². The first-order chi connectivity index (χ1) is 13.3. The molecule has 2 aromatic rings. The standard InChI is InChI=1S/C21H29N5O/c27-19(7-6-16-8-12-22-13-9-16)26-14-10-18(11-15-26)21-23-20(24-25-21)17-4-2-1-3-5-17/h1-5,16,18,22H,6-15H2,(H,23,24,25). The fraction of sp³-hybridized carbons (Fsp3) is 0.571. The minimum atomic E-state index is 0.328. The van der Waals surface area contributed by atoms with Gasteiger partial charge in [-0.1, -0.05) is 30.3 Å². The van der Waals surface area contributed by atoms with Gasteiger partial charge in [-0.05, 0) is 51.1 Å². The van der Waals surface area contributed by atoms with Crippen molar-refractivity contribution < 1.29 is 4.79 Å². The van der Waals surface area contributed by atoms with E-state index in [-0.39, 0.29) is 0 Å². The van der Waals surface area contributed by atoms with Gasteiger partial charge in [-0.2, -0.15) is 5.10 Å². The summed E-state index contributed by atoms with van der Waals surface area (Å²) in [5, 5.41) is 10.9. The maximum Gasteiger partial charge on any atom is 0.222 e. The molecule has 0 atom stereocenters. The Kier molecular flexibility index (Phi) is 5.82. The van der Waals surface area contributed by atoms with Crippen molar-refractivity contribution in [2.24, 2.45) is 5.92 Å². The molecule has 0 unspecified atom stereocenters. The summed E-state index contributed by atoms with van der Waals surface area (Å²) < 4.78 is 0. The lowest BCUT2D eigenvalue weighted by Gasteiger charge is -2.31. The van der Waals surface area contributed by atoms with E-state index >= 15 is 0 Å². The number of hydrogen-bond acceptors (Lipinski definition) is 4. The second-order valence-electron chi connectivity index (χ2n) is 7.80. The smallest absolute Gasteiger partial charge is 0.222 e. The lowest BCUT2D eigenvalue weighted by atomic mass is 9.92. The Hall–Kier alpha value is -2.21. The predicted molar refractivity (Wildman–Crippen MR) is 105 cm³/mol. The van der Waals surface area contributed by atoms with Gasteiger partial charge in [-0.15, -0.1) is 0 Å². The summed E-state index contributed by atoms with van der Waals surface area (Å²) in [6.07, 6.45) is 6.10. The second-order valence-corrected chi connectivity index (χ2v) is 7.80. The van der Waals surface area contributed by atoms with E-state index in [1.165, 1.54) is 12.8 Å². The van der Waals surface area contributed by atoms with Crippen molar-refractivity contribution >= 4 is 5.91 Å². The van der Waals surface area contributed by atoms with Crippen LogP contribution in [0.4, 0.5) is 0 Å². The van der Waals surface area contributed by atoms with Crippen LogP contribution in [0.5, 0.6) is 0 Å². The van der Waals surface area contributed by atoms with Gasteiger partial charge in [-0.25, -0.2) is 4.98 Å². The van der Waals surface area contributed by atoms with Gasteiger partial charge >= 0.3 is 0 Å². The lowest BCUT2D eigenvalue weighted by molar-refractivity contribution is -0.132. The summed E-state index contributed by atoms with van der Waals surface area (Å²) >= 11 is 0. The van der Waals surface area contributed by atoms with Crippen LogP contribution in [0.3, 0.4) is 0 Å². The molecular weight excluding hydrogens is 338 g/mol. The summed E-state index contributed by atoms with van der Waals surface area (Å²) in [4.78, 5) is 19.3. The van der Waals surface area contributed by atoms with E-state index in [9.17, 15) is 4.79 Å². The van der Waals surface area contributed by atoms with Crippen molar-refractivity contribution in [1.29, 1.82) is 0 Å². The van der Waals surface area contributed by atoms with Crippen LogP contribution >= 0.6 is 0 Å². The summed E-state index contributed by atoms with van der Waals surface area (Å²) in [5.74, 6) is 3.12. The zero-order valence-electron chi connectivity index (χ0n) is 15.9. The molecule has 2 saturated heterocycles. The number of likely N-dealkylation sites (tertiary alicyclic amines) is 1. The van der Waals surface area contributed by atoms with E-state index in [0.29, 0.717) is 18.2 Å². The number of piperidine rings is 2. The third-order valence-corrected chi connectivity index (χ3v) is 5.99. The average molecular weight is 367 g/mol. The molecule has 4 rings (SSSR count). The predicted octanol–water partition coefficient (Wildman–Crippen LogP) is 2.96. The van der Waals surface area contributed by atoms with Gasteiger partial charge in [0.25, 0.3) is 0 Å². The van der Waals surface area contributed by atoms with Crippen LogP contribution in [-0.2, 0) is 4.79 Å². The summed E-state index contributed by atoms with van der Waals surface area (Å²) in [7, 11) is 0. The SMILES string of the molecule is O=C(CCC1CCNCC1)N1CCC(c2nc(-c3ccccc3)n[nH]2)CC1. The van der Waals surface area contributed by atoms with E-state index in [2.05, 4.69) is 15.5 Å². The molecule has 1 amide bonds. The number of carbonyl (C=O) groups is 1. The second kappa shape index (κ2) is 8.65. The van der Waals surface area contributed by atoms with Crippen LogP contribution < -0.4 is 5.32 Å². The molecule has 1 aromatic carbocycles. The van der Waals surface area contributed by atoms with Gasteiger partial charge in [-0.3, -0.25) is 9.89 Å². The molecule has 0 bridgehead atoms. The van der Waals surface area contributed by atoms with Crippen molar-refractivity contribution in [2.75, 3.05) is 26.2 Å². The number of hydrogen-bond donors (Lipinski definition) is 2. The van der Waals surface area contributed by atoms with Crippen LogP contribution in [0.15, 0.2) is 30.3 Å². The Morgan fingerprint density at radius 3 is 2.56 bits per heavy atom. The Bertz CT molecular complexity index is 730. The zero-order valence-corrected chi connectivity index (χ0v) is 15.9. The van der Waals surface area contributed by atoms with Crippen LogP contribution in [0.25, 0.3) is 11.4 Å². The number of benzene rings is 1. The lowest BCUT2D eigenvalue weighted by Crippen LogP contribution is -2.38. The van der Waals surface area contributed by atoms with E-state index < -0.39 is 0 Å². The minimum absolute atomic E-state index is 0.328. The van der Waals surface area contributed by atoms with Gasteiger partial charge in [0.2, 0.25) is 5.91 Å². The molecule has 2 N–H and O–H groups in total. The normalized spacial score (nSPS) is 19.3. The third kappa shape index (κ3) is 4.56. The highest BCUT2D eigenvalue weighted by atomic mass is 16.2. The van der Waals surface area contributed by atoms with Gasteiger partial charge in [0, 0.05) is 31.0 Å². The summed E-state index contributed by atoms with van der Waals surface area (Å²) in [6, 6.07) is 10.0. The van der Waals surface area contributed by atoms with Crippen LogP contribution in [0.2, 0.25) is 0 Å². The molecule has 0 saturated carbocycles. The van der Waals surface area contributed by atoms with E-state index in [0.717, 1.165) is 68.6 Å². The van der Waals surface area contributed by atoms with Gasteiger partial charge in [0.15, 0.2) is 5.82 Å². The van der Waals surface area contributed by atoms with E-state index in [1.54, 1.807) is 0 Å². The van der Waals surface area contributed by atoms with Crippen molar-refractivity contribution in [3.05, 3.63) is 36.2 Å². The highest BCUT2D eigenvalue weighted by molar-refractivity contribution is 5.76. The molecule has 2 aliphatic heterocycles. The van der Waals surface area contributed by atoms with Gasteiger partial charge < -0.3 is 10.2 Å². The van der Waals surface area contributed by atoms with Gasteiger partial charge in [0.05, 0.1) is 0 Å². The fourth-order valence-corrected chi connectivity index (χ4v) is 4.23. The largest absolute Gasteiger partial charge is 0.343 e. The molecule has 0 radical (unpaired) electrons. The van der Waals surface area contributed by atoms with Crippen LogP contribution in [0, 0.1) is 5.92 Å². The molecule has 27 heavy (non-hydrogen) atoms. The third-order valence-electron chi connectivity index (χ3n) is 5.99. The molecule has 2 fully saturated rings. The summed E-state index contributed by atoms with van der Waals surface area (Å²) in [5.41, 5.74) is 1.03. The monoisotopic (exact) mass is 367 g/mol. The number of nitrogens with zero attached hydrogens (tertiary/aromatic N) is 3. The van der Waals surface area contributed by atoms with Gasteiger partial charge in [0.1, 0.15) is 5.82 Å². The highest BCUT2D eigenvalue weighted by Gasteiger charge is 2.26. The maximum atomic E-state index is 12.5. The molecule has 6 nitrogen and oxygen atoms in total. The highest BCUT2D eigenvalue weighted by Crippen LogP contribution is 2.28. The molecule has 1 aromatic heterocycles. The fourth-order valence-electron chi connectivity index (χ4n) is 4.23. The number of H-pyrrole nitrogens is 1. The zero-order chi connectivity index (χ0) is 18.5. The number of aromatic nitrogens is 3. The molecule has 3 heterocycles. The number of rotatable bonds is 5. The summed E-state index contributed by atoms with van der Waals surface area (Å²) in [6.45, 7) is 3.87. The molecular formula is C21H29N5O. The van der Waals surface area contributed by atoms with Crippen LogP contribution in [-0.4, -0.2) is 52.2 Å². The molecule has 0 aliphatic carbocycles. The number of carbonyl (C=O) groups excluding carboxylic acids is 1. The number of nitrogens with one attached hydrogen (secondary N) is 2. The Morgan fingerprint density at radius 2 is 1.81 bits per heavy atom. The number of aromatic amines is 1. The first kappa shape index (κ1) is 18.2. The quantitative estimate of drug-likeness (QED) is 0.852. The van der Waals surface area contributed by atoms with Crippen LogP contribution in [0.1, 0.15) is 50.3 Å². The Labute approximate surface area is 160 Å². The Morgan fingerprint density at radius 1 is 1.07 bits per heavy atom. The van der Waals surface area contributed by atoms with E-state index in [4.69, 9.17) is 4.98 Å². The number of amides is 1. The van der Waals surface area contributed by atoms with Crippen molar-refractivity contribution in [3.8, 4) is 11.4 Å². The molecule has 6 heteroatoms. The molecule has 0 spiro atoms. The Balaban J connectivity index is 1.26.